The molecular weight excluding hydrogens is 124 g/mol. The summed E-state index contributed by atoms with van der Waals surface area (Å²) < 4.78 is 1.42. The van der Waals surface area contributed by atoms with Crippen LogP contribution in [0, 0.1) is 0 Å². The first-order chi connectivity index (χ1) is 4.85. The van der Waals surface area contributed by atoms with E-state index in [0.717, 1.165) is 0 Å². The molecule has 0 radical (unpaired) electrons. The minimum Gasteiger partial charge on any atom is -0.298 e. The number of nitrogens with zero attached hydrogens (tertiary/aromatic N) is 2. The van der Waals surface area contributed by atoms with Crippen molar-refractivity contribution >= 4 is 0 Å². The van der Waals surface area contributed by atoms with Gasteiger partial charge in [-0.1, -0.05) is 6.92 Å². The summed E-state index contributed by atoms with van der Waals surface area (Å²) in [5.41, 5.74) is 0. The zero-order valence-corrected chi connectivity index (χ0v) is 6.84. The van der Waals surface area contributed by atoms with E-state index in [4.69, 9.17) is 0 Å². The van der Waals surface area contributed by atoms with Crippen molar-refractivity contribution in [2.75, 3.05) is 33.0 Å². The Labute approximate surface area is 63.0 Å². The predicted molar refractivity (Wildman–Crippen MR) is 41.3 cm³/mol. The van der Waals surface area contributed by atoms with Crippen molar-refractivity contribution in [1.82, 2.24) is 4.90 Å². The molecule has 0 atom stereocenters. The average Bonchev–Trinajstić information content (AvgIpc) is 2.30. The van der Waals surface area contributed by atoms with Gasteiger partial charge in [0.2, 0.25) is 0 Å². The lowest BCUT2D eigenvalue weighted by molar-refractivity contribution is -0.985. The fraction of sp³-hybridized carbons (Fsp3) is 1.00. The molecule has 2 rings (SSSR count). The molecule has 2 aliphatic heterocycles. The van der Waals surface area contributed by atoms with Crippen molar-refractivity contribution in [2.45, 2.75) is 19.8 Å². The van der Waals surface area contributed by atoms with Gasteiger partial charge in [0.15, 0.2) is 0 Å². The first-order valence-electron chi connectivity index (χ1n) is 4.42. The van der Waals surface area contributed by atoms with Crippen LogP contribution in [-0.2, 0) is 0 Å². The van der Waals surface area contributed by atoms with Crippen LogP contribution in [0.3, 0.4) is 0 Å². The molecule has 0 aromatic carbocycles. The summed E-state index contributed by atoms with van der Waals surface area (Å²) in [4.78, 5) is 2.53. The van der Waals surface area contributed by atoms with E-state index in [1.807, 2.05) is 0 Å². The fourth-order valence-electron chi connectivity index (χ4n) is 2.30. The van der Waals surface area contributed by atoms with Crippen LogP contribution in [0.25, 0.3) is 0 Å². The van der Waals surface area contributed by atoms with Gasteiger partial charge in [-0.25, -0.2) is 4.90 Å². The van der Waals surface area contributed by atoms with Crippen LogP contribution in [0.4, 0.5) is 0 Å². The van der Waals surface area contributed by atoms with Crippen LogP contribution >= 0.6 is 0 Å². The highest BCUT2D eigenvalue weighted by Crippen LogP contribution is 2.27. The Morgan fingerprint density at radius 3 is 2.30 bits per heavy atom. The summed E-state index contributed by atoms with van der Waals surface area (Å²) in [6.45, 7) is 9.10. The molecule has 2 heteroatoms. The molecule has 10 heavy (non-hydrogen) atoms. The smallest absolute Gasteiger partial charge is 0.140 e. The maximum atomic E-state index is 2.53. The first-order valence-corrected chi connectivity index (χ1v) is 4.42. The molecule has 58 valence electrons. The van der Waals surface area contributed by atoms with Gasteiger partial charge in [0.05, 0.1) is 13.1 Å². The molecule has 2 heterocycles. The van der Waals surface area contributed by atoms with Gasteiger partial charge in [-0.3, -0.25) is 4.48 Å². The summed E-state index contributed by atoms with van der Waals surface area (Å²) in [5, 5.41) is 0. The Hall–Kier alpha value is -0.0800. The van der Waals surface area contributed by atoms with Gasteiger partial charge in [-0.2, -0.15) is 0 Å². The molecule has 0 saturated carbocycles. The van der Waals surface area contributed by atoms with E-state index in [0.29, 0.717) is 0 Å². The minimum atomic E-state index is 1.25. The molecule has 0 unspecified atom stereocenters. The largest absolute Gasteiger partial charge is 0.298 e. The van der Waals surface area contributed by atoms with Crippen LogP contribution in [-0.4, -0.2) is 42.4 Å². The second-order valence-corrected chi connectivity index (χ2v) is 3.77. The van der Waals surface area contributed by atoms with Crippen LogP contribution in [0.15, 0.2) is 0 Å². The molecule has 2 nitrogen and oxygen atoms in total. The zero-order valence-electron chi connectivity index (χ0n) is 6.84. The Kier molecular flexibility index (Phi) is 1.46. The summed E-state index contributed by atoms with van der Waals surface area (Å²) >= 11 is 0. The van der Waals surface area contributed by atoms with Crippen LogP contribution in [0.1, 0.15) is 19.8 Å². The second-order valence-electron chi connectivity index (χ2n) is 3.77. The Bertz CT molecular complexity index is 119. The van der Waals surface area contributed by atoms with E-state index in [2.05, 4.69) is 11.8 Å². The van der Waals surface area contributed by atoms with Gasteiger partial charge in [0.1, 0.15) is 13.3 Å². The second kappa shape index (κ2) is 2.21. The third-order valence-corrected chi connectivity index (χ3v) is 2.96. The van der Waals surface area contributed by atoms with Gasteiger partial charge in [-0.05, 0) is 0 Å². The van der Waals surface area contributed by atoms with Gasteiger partial charge >= 0.3 is 0 Å². The number of rotatable bonds is 1. The van der Waals surface area contributed by atoms with Crippen LogP contribution < -0.4 is 0 Å². The molecule has 1 spiro atoms. The van der Waals surface area contributed by atoms with E-state index in [-0.39, 0.29) is 0 Å². The monoisotopic (exact) mass is 141 g/mol. The molecule has 0 aliphatic carbocycles. The molecule has 2 aliphatic rings. The molecule has 0 N–H and O–H groups in total. The van der Waals surface area contributed by atoms with E-state index in [1.54, 1.807) is 0 Å². The van der Waals surface area contributed by atoms with Crippen LogP contribution in [0.2, 0.25) is 0 Å². The van der Waals surface area contributed by atoms with Crippen molar-refractivity contribution < 1.29 is 4.48 Å². The van der Waals surface area contributed by atoms with E-state index < -0.39 is 0 Å². The lowest BCUT2D eigenvalue weighted by Gasteiger charge is -2.49. The van der Waals surface area contributed by atoms with Crippen LogP contribution in [0.5, 0.6) is 0 Å². The summed E-state index contributed by atoms with van der Waals surface area (Å²) in [6, 6.07) is 0. The molecule has 0 amide bonds. The highest BCUT2D eigenvalue weighted by molar-refractivity contribution is 4.62. The summed E-state index contributed by atoms with van der Waals surface area (Å²) in [6.07, 6.45) is 2.94. The standard InChI is InChI=1S/C8H17N2/c1-2-9-7-10(8-9)5-3-4-6-10/h2-8H2,1H3/q+1. The quantitative estimate of drug-likeness (QED) is 0.489. The zero-order chi connectivity index (χ0) is 7.03. The molecule has 2 saturated heterocycles. The lowest BCUT2D eigenvalue weighted by atomic mass is 10.3. The molecule has 0 aromatic heterocycles. The number of hydrogen-bond donors (Lipinski definition) is 0. The average molecular weight is 141 g/mol. The topological polar surface area (TPSA) is 3.24 Å². The normalized spacial score (nSPS) is 30.9. The molecule has 2 fully saturated rings. The van der Waals surface area contributed by atoms with Gasteiger partial charge in [-0.15, -0.1) is 0 Å². The van der Waals surface area contributed by atoms with Crippen molar-refractivity contribution in [3.05, 3.63) is 0 Å². The van der Waals surface area contributed by atoms with E-state index in [9.17, 15) is 0 Å². The summed E-state index contributed by atoms with van der Waals surface area (Å²) in [7, 11) is 0. The van der Waals surface area contributed by atoms with Gasteiger partial charge in [0, 0.05) is 19.4 Å². The third-order valence-electron chi connectivity index (χ3n) is 2.96. The lowest BCUT2D eigenvalue weighted by Crippen LogP contribution is -2.67. The molecule has 0 bridgehead atoms. The Balaban J connectivity index is 1.86. The maximum absolute atomic E-state index is 2.53. The Morgan fingerprint density at radius 1 is 1.20 bits per heavy atom. The van der Waals surface area contributed by atoms with Gasteiger partial charge < -0.3 is 0 Å². The highest BCUT2D eigenvalue weighted by atomic mass is 15.6. The highest BCUT2D eigenvalue weighted by Gasteiger charge is 2.42. The fourth-order valence-corrected chi connectivity index (χ4v) is 2.30. The summed E-state index contributed by atoms with van der Waals surface area (Å²) in [5.74, 6) is 0. The van der Waals surface area contributed by atoms with E-state index in [1.165, 1.54) is 50.3 Å². The van der Waals surface area contributed by atoms with Crippen molar-refractivity contribution in [3.8, 4) is 0 Å². The number of hydrogen-bond acceptors (Lipinski definition) is 1. The maximum Gasteiger partial charge on any atom is 0.140 e. The van der Waals surface area contributed by atoms with Crippen molar-refractivity contribution in [3.63, 3.8) is 0 Å². The SMILES string of the molecule is CCN1C[N+]2(CCCC2)C1. The first kappa shape index (κ1) is 6.62. The molecular formula is C8H17N2+. The molecule has 0 aromatic rings. The van der Waals surface area contributed by atoms with E-state index >= 15 is 0 Å². The van der Waals surface area contributed by atoms with Gasteiger partial charge in [0.25, 0.3) is 0 Å². The third kappa shape index (κ3) is 0.867. The predicted octanol–water partition coefficient (Wildman–Crippen LogP) is 0.847. The Morgan fingerprint density at radius 2 is 1.80 bits per heavy atom. The van der Waals surface area contributed by atoms with Crippen molar-refractivity contribution in [1.29, 1.82) is 0 Å². The van der Waals surface area contributed by atoms with Crippen molar-refractivity contribution in [2.24, 2.45) is 0 Å². The minimum absolute atomic E-state index is 1.25. The number of quaternary nitrogens is 1.